The normalized spacial score (nSPS) is 20.6. The summed E-state index contributed by atoms with van der Waals surface area (Å²) in [5.41, 5.74) is -0.172. The molecule has 0 unspecified atom stereocenters. The van der Waals surface area contributed by atoms with Crippen LogP contribution in [0.3, 0.4) is 0 Å². The van der Waals surface area contributed by atoms with Gasteiger partial charge in [-0.05, 0) is 60.4 Å². The average Bonchev–Trinajstić information content (AvgIpc) is 3.36. The molecule has 2 aliphatic rings. The van der Waals surface area contributed by atoms with Gasteiger partial charge in [-0.25, -0.2) is 0 Å². The van der Waals surface area contributed by atoms with Crippen molar-refractivity contribution in [3.05, 3.63) is 51.2 Å². The Bertz CT molecular complexity index is 1050. The molecule has 1 N–H and O–H groups in total. The average molecular weight is 464 g/mol. The third-order valence-electron chi connectivity index (χ3n) is 6.93. The molecule has 1 spiro atoms. The van der Waals surface area contributed by atoms with E-state index in [1.54, 1.807) is 12.1 Å². The Morgan fingerprint density at radius 1 is 1.31 bits per heavy atom. The van der Waals surface area contributed by atoms with E-state index in [4.69, 9.17) is 5.26 Å². The van der Waals surface area contributed by atoms with Crippen molar-refractivity contribution in [1.82, 2.24) is 4.90 Å². The fraction of sp³-hybridized carbons (Fsp3) is 0.478. The highest BCUT2D eigenvalue weighted by Gasteiger charge is 2.49. The molecule has 2 aliphatic heterocycles. The van der Waals surface area contributed by atoms with Crippen LogP contribution >= 0.6 is 11.3 Å². The zero-order chi connectivity index (χ0) is 23.1. The SMILES string of the molecule is Cc1ccsc1C(=O)N1C[C@H](CO)C2(CCN(c3ccc(C#N)c(C(F)(F)F)c3)CC2)C1. The molecule has 4 rings (SSSR count). The van der Waals surface area contributed by atoms with Crippen LogP contribution in [0, 0.1) is 29.6 Å². The zero-order valence-electron chi connectivity index (χ0n) is 17.7. The lowest BCUT2D eigenvalue weighted by Crippen LogP contribution is -2.45. The summed E-state index contributed by atoms with van der Waals surface area (Å²) in [4.78, 5) is 17.4. The van der Waals surface area contributed by atoms with Crippen molar-refractivity contribution in [3.8, 4) is 6.07 Å². The van der Waals surface area contributed by atoms with Crippen LogP contribution in [0.1, 0.15) is 39.2 Å². The summed E-state index contributed by atoms with van der Waals surface area (Å²) in [5, 5.41) is 20.9. The number of hydrogen-bond acceptors (Lipinski definition) is 5. The number of nitriles is 1. The molecule has 0 radical (unpaired) electrons. The minimum Gasteiger partial charge on any atom is -0.396 e. The summed E-state index contributed by atoms with van der Waals surface area (Å²) in [6.07, 6.45) is -3.24. The molecule has 0 aliphatic carbocycles. The van der Waals surface area contributed by atoms with Gasteiger partial charge in [-0.3, -0.25) is 4.79 Å². The van der Waals surface area contributed by atoms with Crippen molar-refractivity contribution in [2.24, 2.45) is 11.3 Å². The smallest absolute Gasteiger partial charge is 0.396 e. The van der Waals surface area contributed by atoms with Crippen molar-refractivity contribution in [1.29, 1.82) is 5.26 Å². The van der Waals surface area contributed by atoms with E-state index < -0.39 is 11.7 Å². The number of carbonyl (C=O) groups is 1. The van der Waals surface area contributed by atoms with Gasteiger partial charge in [0.2, 0.25) is 0 Å². The number of likely N-dealkylation sites (tertiary alicyclic amines) is 1. The van der Waals surface area contributed by atoms with Crippen LogP contribution in [-0.2, 0) is 6.18 Å². The van der Waals surface area contributed by atoms with Crippen LogP contribution in [0.5, 0.6) is 0 Å². The minimum atomic E-state index is -4.59. The third kappa shape index (κ3) is 3.97. The fourth-order valence-electron chi connectivity index (χ4n) is 5.01. The number of aryl methyl sites for hydroxylation is 1. The Balaban J connectivity index is 1.51. The maximum absolute atomic E-state index is 13.3. The first-order valence-corrected chi connectivity index (χ1v) is 11.4. The largest absolute Gasteiger partial charge is 0.417 e. The highest BCUT2D eigenvalue weighted by molar-refractivity contribution is 7.12. The maximum Gasteiger partial charge on any atom is 0.417 e. The highest BCUT2D eigenvalue weighted by atomic mass is 32.1. The van der Waals surface area contributed by atoms with E-state index in [1.807, 2.05) is 28.2 Å². The third-order valence-corrected chi connectivity index (χ3v) is 7.93. The molecule has 9 heteroatoms. The number of benzene rings is 1. The van der Waals surface area contributed by atoms with Gasteiger partial charge in [0.1, 0.15) is 0 Å². The second-order valence-electron chi connectivity index (χ2n) is 8.69. The van der Waals surface area contributed by atoms with Crippen LogP contribution in [0.2, 0.25) is 0 Å². The van der Waals surface area contributed by atoms with Crippen LogP contribution < -0.4 is 4.90 Å². The molecule has 2 aromatic rings. The van der Waals surface area contributed by atoms with Gasteiger partial charge >= 0.3 is 6.18 Å². The molecule has 1 aromatic heterocycles. The zero-order valence-corrected chi connectivity index (χ0v) is 18.5. The Morgan fingerprint density at radius 2 is 2.03 bits per heavy atom. The predicted octanol–water partition coefficient (Wildman–Crippen LogP) is 4.30. The molecule has 0 bridgehead atoms. The topological polar surface area (TPSA) is 67.6 Å². The monoisotopic (exact) mass is 463 g/mol. The number of carbonyl (C=O) groups excluding carboxylic acids is 1. The van der Waals surface area contributed by atoms with Crippen molar-refractivity contribution in [3.63, 3.8) is 0 Å². The van der Waals surface area contributed by atoms with E-state index in [0.29, 0.717) is 49.6 Å². The maximum atomic E-state index is 13.3. The second-order valence-corrected chi connectivity index (χ2v) is 9.60. The molecule has 1 aromatic carbocycles. The summed E-state index contributed by atoms with van der Waals surface area (Å²) in [6.45, 7) is 3.97. The van der Waals surface area contributed by atoms with Crippen LogP contribution in [0.4, 0.5) is 18.9 Å². The van der Waals surface area contributed by atoms with Gasteiger partial charge in [-0.2, -0.15) is 18.4 Å². The summed E-state index contributed by atoms with van der Waals surface area (Å²) in [6, 6.07) is 7.35. The molecule has 3 heterocycles. The van der Waals surface area contributed by atoms with Crippen molar-refractivity contribution < 1.29 is 23.1 Å². The van der Waals surface area contributed by atoms with Gasteiger partial charge in [0.25, 0.3) is 5.91 Å². The van der Waals surface area contributed by atoms with E-state index in [1.165, 1.54) is 17.4 Å². The van der Waals surface area contributed by atoms with E-state index in [2.05, 4.69) is 0 Å². The van der Waals surface area contributed by atoms with Crippen molar-refractivity contribution >= 4 is 22.9 Å². The van der Waals surface area contributed by atoms with E-state index in [9.17, 15) is 23.1 Å². The van der Waals surface area contributed by atoms with Gasteiger partial charge < -0.3 is 14.9 Å². The molecular formula is C23H24F3N3O2S. The number of anilines is 1. The van der Waals surface area contributed by atoms with Crippen LogP contribution in [-0.4, -0.2) is 48.7 Å². The first-order chi connectivity index (χ1) is 15.2. The summed E-state index contributed by atoms with van der Waals surface area (Å²) < 4.78 is 40.0. The molecule has 2 saturated heterocycles. The van der Waals surface area contributed by atoms with Gasteiger partial charge in [-0.15, -0.1) is 11.3 Å². The first-order valence-electron chi connectivity index (χ1n) is 10.5. The number of nitrogens with zero attached hydrogens (tertiary/aromatic N) is 3. The molecule has 170 valence electrons. The lowest BCUT2D eigenvalue weighted by atomic mass is 9.71. The Kier molecular flexibility index (Phi) is 5.94. The van der Waals surface area contributed by atoms with Gasteiger partial charge in [0.05, 0.1) is 22.1 Å². The standard InChI is InChI=1S/C23H24F3N3O2S/c1-15-4-9-32-20(15)21(31)29-12-17(13-30)22(14-29)5-7-28(8-6-22)18-3-2-16(11-27)19(10-18)23(24,25)26/h2-4,9-10,17,30H,5-8,12-14H2,1H3/t17-/m1/s1. The lowest BCUT2D eigenvalue weighted by molar-refractivity contribution is -0.137. The Morgan fingerprint density at radius 3 is 2.59 bits per heavy atom. The molecule has 2 fully saturated rings. The number of alkyl halides is 3. The predicted molar refractivity (Wildman–Crippen MR) is 116 cm³/mol. The molecule has 5 nitrogen and oxygen atoms in total. The van der Waals surface area contributed by atoms with Gasteiger partial charge in [0.15, 0.2) is 0 Å². The van der Waals surface area contributed by atoms with Crippen molar-refractivity contribution in [2.45, 2.75) is 25.9 Å². The molecule has 32 heavy (non-hydrogen) atoms. The Labute approximate surface area is 188 Å². The summed E-state index contributed by atoms with van der Waals surface area (Å²) in [5.74, 6) is -0.0715. The number of thiophene rings is 1. The number of aliphatic hydroxyl groups excluding tert-OH is 1. The van der Waals surface area contributed by atoms with Crippen molar-refractivity contribution in [2.75, 3.05) is 37.7 Å². The number of aliphatic hydroxyl groups is 1. The van der Waals surface area contributed by atoms with Crippen LogP contribution in [0.25, 0.3) is 0 Å². The number of rotatable bonds is 3. The summed E-state index contributed by atoms with van der Waals surface area (Å²) in [7, 11) is 0. The fourth-order valence-corrected chi connectivity index (χ4v) is 5.90. The molecular weight excluding hydrogens is 439 g/mol. The number of hydrogen-bond donors (Lipinski definition) is 1. The Hall–Kier alpha value is -2.57. The van der Waals surface area contributed by atoms with E-state index in [-0.39, 0.29) is 29.4 Å². The first kappa shape index (κ1) is 22.6. The molecule has 1 atom stereocenters. The number of piperidine rings is 1. The van der Waals surface area contributed by atoms with E-state index in [0.717, 1.165) is 11.6 Å². The molecule has 1 amide bonds. The number of halogens is 3. The quantitative estimate of drug-likeness (QED) is 0.737. The van der Waals surface area contributed by atoms with Crippen LogP contribution in [0.15, 0.2) is 29.6 Å². The molecule has 0 saturated carbocycles. The minimum absolute atomic E-state index is 0.0165. The highest BCUT2D eigenvalue weighted by Crippen LogP contribution is 2.46. The van der Waals surface area contributed by atoms with Gasteiger partial charge in [0, 0.05) is 44.4 Å². The number of amides is 1. The second kappa shape index (κ2) is 8.41. The van der Waals surface area contributed by atoms with Gasteiger partial charge in [-0.1, -0.05) is 0 Å². The van der Waals surface area contributed by atoms with E-state index >= 15 is 0 Å². The summed E-state index contributed by atoms with van der Waals surface area (Å²) >= 11 is 1.42. The lowest BCUT2D eigenvalue weighted by Gasteiger charge is -2.43.